The topological polar surface area (TPSA) is 195 Å². The largest absolute Gasteiger partial charge is 0.493 e. The SMILES string of the molecule is CCC(=O)OCCN(C)c1ccc(/C=C/c2nc3ccc(N(C)C)cc3oc2=O)cc1.CCC(=O)OCC[n+]1c(/C=C/c2cc3ccc(N(CC)CC)cc3oc2=O)sc2ccccc21.[B]CC(=C)OCC[n+]1c(/C=C/c2ccc(N(CC)CC)c3nonc23)sc2ccccc21. The van der Waals surface area contributed by atoms with Crippen LogP contribution in [0, 0.1) is 0 Å². The van der Waals surface area contributed by atoms with E-state index in [4.69, 9.17) is 35.5 Å². The van der Waals surface area contributed by atoms with Crippen molar-refractivity contribution < 1.29 is 46.4 Å². The smallest absolute Gasteiger partial charge is 0.362 e. The van der Waals surface area contributed by atoms with Crippen LogP contribution in [-0.2, 0) is 36.9 Å². The zero-order valence-corrected chi connectivity index (χ0v) is 58.1. The predicted molar refractivity (Wildman–Crippen MR) is 395 cm³/mol. The number of aromatic nitrogens is 5. The van der Waals surface area contributed by atoms with E-state index >= 15 is 0 Å². The third-order valence-electron chi connectivity index (χ3n) is 16.1. The maximum absolute atomic E-state index is 12.7. The first-order valence-corrected chi connectivity index (χ1v) is 34.2. The number of hydrogen-bond donors (Lipinski definition) is 0. The lowest BCUT2D eigenvalue weighted by atomic mass is 10.0. The number of carbonyl (C=O) groups is 2. The van der Waals surface area contributed by atoms with Crippen molar-refractivity contribution in [2.75, 3.05) is 93.3 Å². The fraction of sp³-hybridized carbons (Fsp3) is 0.293. The van der Waals surface area contributed by atoms with Gasteiger partial charge in [0.15, 0.2) is 30.8 Å². The van der Waals surface area contributed by atoms with Crippen molar-refractivity contribution in [2.45, 2.75) is 73.8 Å². The molecular weight excluding hydrogens is 1260 g/mol. The van der Waals surface area contributed by atoms with Gasteiger partial charge in [0, 0.05) is 125 Å². The van der Waals surface area contributed by atoms with Crippen molar-refractivity contribution in [1.82, 2.24) is 15.3 Å². The van der Waals surface area contributed by atoms with Gasteiger partial charge in [0.05, 0.1) is 31.4 Å². The minimum atomic E-state index is -0.474. The van der Waals surface area contributed by atoms with Gasteiger partial charge < -0.3 is 42.6 Å². The van der Waals surface area contributed by atoms with E-state index in [0.717, 1.165) is 96.7 Å². The fourth-order valence-electron chi connectivity index (χ4n) is 10.6. The number of allylic oxidation sites excluding steroid dienone is 1. The molecule has 0 saturated heterocycles. The second kappa shape index (κ2) is 34.5. The highest BCUT2D eigenvalue weighted by Crippen LogP contribution is 2.30. The maximum Gasteiger partial charge on any atom is 0.362 e. The lowest BCUT2D eigenvalue weighted by Crippen LogP contribution is -2.37. The van der Waals surface area contributed by atoms with Gasteiger partial charge in [-0.25, -0.2) is 19.2 Å². The van der Waals surface area contributed by atoms with Gasteiger partial charge in [-0.15, -0.1) is 0 Å². The molecule has 0 N–H and O–H groups in total. The van der Waals surface area contributed by atoms with Crippen LogP contribution in [0.3, 0.4) is 0 Å². The third kappa shape index (κ3) is 18.2. The van der Waals surface area contributed by atoms with E-state index in [0.29, 0.717) is 86.6 Å². The highest BCUT2D eigenvalue weighted by atomic mass is 32.1. The van der Waals surface area contributed by atoms with Gasteiger partial charge in [0.25, 0.3) is 10.0 Å². The van der Waals surface area contributed by atoms with Crippen molar-refractivity contribution >= 4 is 155 Å². The molecule has 22 heteroatoms. The molecule has 11 rings (SSSR count). The van der Waals surface area contributed by atoms with Gasteiger partial charge in [-0.1, -0.05) is 91.6 Å². The summed E-state index contributed by atoms with van der Waals surface area (Å²) >= 11 is 3.36. The monoisotopic (exact) mass is 1340 g/mol. The van der Waals surface area contributed by atoms with Crippen LogP contribution in [-0.4, -0.2) is 109 Å². The molecule has 0 amide bonds. The van der Waals surface area contributed by atoms with Gasteiger partial charge in [-0.05, 0) is 129 Å². The predicted octanol–water partition coefficient (Wildman–Crippen LogP) is 13.9. The van der Waals surface area contributed by atoms with E-state index in [2.05, 4.69) is 129 Å². The Labute approximate surface area is 573 Å². The average molecular weight is 1340 g/mol. The number of nitrogens with zero attached hydrogens (tertiary/aromatic N) is 9. The van der Waals surface area contributed by atoms with E-state index < -0.39 is 5.63 Å². The number of esters is 2. The lowest BCUT2D eigenvalue weighted by Gasteiger charge is -2.20. The summed E-state index contributed by atoms with van der Waals surface area (Å²) in [5.41, 5.74) is 11.3. The Kier molecular flexibility index (Phi) is 25.3. The summed E-state index contributed by atoms with van der Waals surface area (Å²) in [6.07, 6.45) is 12.5. The molecule has 0 fully saturated rings. The van der Waals surface area contributed by atoms with Crippen LogP contribution in [0.5, 0.6) is 0 Å². The van der Waals surface area contributed by atoms with Gasteiger partial charge in [-0.2, -0.15) is 9.13 Å². The van der Waals surface area contributed by atoms with E-state index in [1.807, 2.05) is 116 Å². The van der Waals surface area contributed by atoms with E-state index in [1.165, 1.54) is 10.2 Å². The molecule has 0 aliphatic rings. The molecule has 5 heterocycles. The number of carbonyl (C=O) groups excluding carboxylic acids is 2. The summed E-state index contributed by atoms with van der Waals surface area (Å²) in [6.45, 7) is 22.4. The zero-order chi connectivity index (χ0) is 69.0. The van der Waals surface area contributed by atoms with Crippen molar-refractivity contribution in [3.8, 4) is 0 Å². The number of rotatable bonds is 27. The van der Waals surface area contributed by atoms with Crippen molar-refractivity contribution in [3.05, 3.63) is 193 Å². The molecule has 0 aliphatic heterocycles. The molecule has 500 valence electrons. The van der Waals surface area contributed by atoms with Gasteiger partial charge >= 0.3 is 23.2 Å². The van der Waals surface area contributed by atoms with E-state index in [-0.39, 0.29) is 23.3 Å². The van der Waals surface area contributed by atoms with Gasteiger partial charge in [-0.3, -0.25) is 9.59 Å². The molecule has 0 bridgehead atoms. The summed E-state index contributed by atoms with van der Waals surface area (Å²) in [4.78, 5) is 60.6. The highest BCUT2D eigenvalue weighted by Gasteiger charge is 2.22. The molecule has 0 spiro atoms. The number of para-hydroxylation sites is 2. The Balaban J connectivity index is 0.000000171. The molecule has 5 aromatic heterocycles. The summed E-state index contributed by atoms with van der Waals surface area (Å²) in [5.74, 6) is 0.186. The quantitative estimate of drug-likeness (QED) is 0.0155. The average Bonchev–Trinajstić information content (AvgIpc) is 1.78. The second-order valence-corrected chi connectivity index (χ2v) is 24.6. The van der Waals surface area contributed by atoms with Crippen molar-refractivity contribution in [2.24, 2.45) is 0 Å². The second-order valence-electron chi connectivity index (χ2n) is 22.5. The normalized spacial score (nSPS) is 11.4. The molecule has 0 atom stereocenters. The summed E-state index contributed by atoms with van der Waals surface area (Å²) in [7, 11) is 11.4. The molecule has 0 saturated carbocycles. The van der Waals surface area contributed by atoms with Gasteiger partial charge in [0.2, 0.25) is 11.0 Å². The maximum atomic E-state index is 12.7. The Hall–Kier alpha value is -10.2. The number of hydrogen-bond acceptors (Lipinski definition) is 19. The molecular formula is C75H82BN9O10S2+2. The Bertz CT molecular complexity index is 4740. The molecule has 2 radical (unpaired) electrons. The van der Waals surface area contributed by atoms with E-state index in [1.54, 1.807) is 54.7 Å². The molecule has 97 heavy (non-hydrogen) atoms. The van der Waals surface area contributed by atoms with Gasteiger partial charge in [0.1, 0.15) is 44.9 Å². The number of ether oxygens (including phenoxy) is 3. The molecule has 0 aliphatic carbocycles. The lowest BCUT2D eigenvalue weighted by molar-refractivity contribution is -0.670. The van der Waals surface area contributed by atoms with Crippen LogP contribution in [0.2, 0.25) is 6.32 Å². The summed E-state index contributed by atoms with van der Waals surface area (Å²) < 4.78 is 39.0. The number of benzene rings is 6. The summed E-state index contributed by atoms with van der Waals surface area (Å²) in [5, 5.41) is 11.3. The highest BCUT2D eigenvalue weighted by molar-refractivity contribution is 7.19. The van der Waals surface area contributed by atoms with Crippen LogP contribution in [0.25, 0.3) is 90.0 Å². The Morgan fingerprint density at radius 1 is 0.577 bits per heavy atom. The standard InChI is InChI=1S/C27H29N2O4S.C24H26BN4O2S.C24H27N3O4/c1-4-26(30)32-16-15-29-22-9-7-8-10-24(22)34-25(29)14-12-20-17-19-11-13-21(28(5-2)6-3)18-23(19)33-27(20)31;1-4-28(5-2)20-12-10-18(23-24(20)27-31-26-23)11-13-22-29(14-15-30-17(3)16-25)19-8-6-7-9-21(19)32-22;1-5-23(28)30-15-14-27(4)18-9-6-17(7-10-18)8-12-21-24(29)31-22-16-19(26(2)3)11-13-20(22)25-21/h7-14,17-18H,4-6,15-16H2,1-3H3;6-13H,3-5,14-16H2,1-2H3;6-13,16H,5,14-15H2,1-4H3/q2*+1;/b;;12-8+. The van der Waals surface area contributed by atoms with Crippen molar-refractivity contribution in [3.63, 3.8) is 0 Å². The van der Waals surface area contributed by atoms with E-state index in [9.17, 15) is 19.2 Å². The first kappa shape index (κ1) is 71.1. The summed E-state index contributed by atoms with van der Waals surface area (Å²) in [6, 6.07) is 41.9. The van der Waals surface area contributed by atoms with Crippen LogP contribution >= 0.6 is 22.7 Å². The number of thiazole rings is 2. The Morgan fingerprint density at radius 2 is 1.14 bits per heavy atom. The Morgan fingerprint density at radius 3 is 1.76 bits per heavy atom. The first-order chi connectivity index (χ1) is 47.1. The minimum Gasteiger partial charge on any atom is -0.493 e. The van der Waals surface area contributed by atoms with Crippen LogP contribution in [0.4, 0.5) is 22.7 Å². The van der Waals surface area contributed by atoms with Crippen LogP contribution in [0.1, 0.15) is 86.8 Å². The van der Waals surface area contributed by atoms with Crippen molar-refractivity contribution in [1.29, 1.82) is 0 Å². The number of anilines is 4. The third-order valence-corrected chi connectivity index (χ3v) is 18.3. The molecule has 11 aromatic rings. The fourth-order valence-corrected chi connectivity index (χ4v) is 12.8. The minimum absolute atomic E-state index is 0.196. The molecule has 0 unspecified atom stereocenters. The number of likely N-dealkylation sites (N-methyl/N-ethyl adjacent to an activating group) is 1. The van der Waals surface area contributed by atoms with Crippen LogP contribution in [0.15, 0.2) is 163 Å². The van der Waals surface area contributed by atoms with Crippen LogP contribution < -0.4 is 40.0 Å². The zero-order valence-electron chi connectivity index (χ0n) is 56.5. The molecule has 19 nitrogen and oxygen atoms in total. The number of fused-ring (bicyclic) bond motifs is 5. The molecule has 6 aromatic carbocycles. The first-order valence-electron chi connectivity index (χ1n) is 32.5.